The van der Waals surface area contributed by atoms with Crippen LogP contribution in [0.2, 0.25) is 0 Å². The third-order valence-electron chi connectivity index (χ3n) is 6.20. The molecule has 3 aromatic rings. The van der Waals surface area contributed by atoms with Crippen LogP contribution in [0, 0.1) is 5.82 Å². The zero-order valence-corrected chi connectivity index (χ0v) is 20.0. The fraction of sp³-hybridized carbons (Fsp3) is 0.333. The Kier molecular flexibility index (Phi) is 7.95. The average molecular weight is 481 g/mol. The Labute approximate surface area is 203 Å². The van der Waals surface area contributed by atoms with E-state index in [0.717, 1.165) is 31.2 Å². The molecular weight excluding hydrogens is 451 g/mol. The number of nitrogens with one attached hydrogen (secondary N) is 1. The molecule has 0 radical (unpaired) electrons. The summed E-state index contributed by atoms with van der Waals surface area (Å²) in [6.07, 6.45) is 5.24. The Morgan fingerprint density at radius 2 is 1.76 bits per heavy atom. The number of methoxy groups -OCH3 is 1. The van der Waals surface area contributed by atoms with E-state index < -0.39 is 6.04 Å². The van der Waals surface area contributed by atoms with Gasteiger partial charge < -0.3 is 15.0 Å². The van der Waals surface area contributed by atoms with Gasteiger partial charge in [-0.05, 0) is 59.7 Å². The minimum atomic E-state index is -0.840. The van der Waals surface area contributed by atoms with Crippen LogP contribution >= 0.6 is 11.3 Å². The second-order valence-corrected chi connectivity index (χ2v) is 9.50. The highest BCUT2D eigenvalue weighted by Gasteiger charge is 2.34. The SMILES string of the molecule is COc1ccc([C@@H](C(=O)NC2CCCCC2)N(Cc2ccc(F)cc2)C(=O)c2cccs2)cc1. The third kappa shape index (κ3) is 5.83. The van der Waals surface area contributed by atoms with Gasteiger partial charge in [0.2, 0.25) is 5.91 Å². The molecular formula is C27H29FN2O3S. The largest absolute Gasteiger partial charge is 0.497 e. The second-order valence-electron chi connectivity index (χ2n) is 8.56. The summed E-state index contributed by atoms with van der Waals surface area (Å²) in [6.45, 7) is 0.172. The van der Waals surface area contributed by atoms with Gasteiger partial charge in [0.1, 0.15) is 17.6 Å². The number of hydrogen-bond acceptors (Lipinski definition) is 4. The Hall–Kier alpha value is -3.19. The number of carbonyl (C=O) groups is 2. The highest BCUT2D eigenvalue weighted by atomic mass is 32.1. The molecule has 2 aromatic carbocycles. The molecule has 1 fully saturated rings. The molecule has 1 aliphatic rings. The molecule has 1 aromatic heterocycles. The summed E-state index contributed by atoms with van der Waals surface area (Å²) in [5.74, 6) is -0.116. The summed E-state index contributed by atoms with van der Waals surface area (Å²) in [6, 6.07) is 16.1. The third-order valence-corrected chi connectivity index (χ3v) is 7.06. The van der Waals surface area contributed by atoms with Gasteiger partial charge in [-0.15, -0.1) is 11.3 Å². The van der Waals surface area contributed by atoms with E-state index in [9.17, 15) is 14.0 Å². The van der Waals surface area contributed by atoms with Crippen molar-refractivity contribution in [1.82, 2.24) is 10.2 Å². The summed E-state index contributed by atoms with van der Waals surface area (Å²) in [5.41, 5.74) is 1.44. The topological polar surface area (TPSA) is 58.6 Å². The highest BCUT2D eigenvalue weighted by molar-refractivity contribution is 7.12. The van der Waals surface area contributed by atoms with Crippen molar-refractivity contribution in [2.75, 3.05) is 7.11 Å². The maximum atomic E-state index is 13.7. The molecule has 178 valence electrons. The molecule has 7 heteroatoms. The molecule has 1 heterocycles. The monoisotopic (exact) mass is 480 g/mol. The van der Waals surface area contributed by atoms with Gasteiger partial charge in [0.15, 0.2) is 0 Å². The van der Waals surface area contributed by atoms with E-state index in [0.29, 0.717) is 16.2 Å². The predicted molar refractivity (Wildman–Crippen MR) is 131 cm³/mol. The van der Waals surface area contributed by atoms with Crippen molar-refractivity contribution in [3.8, 4) is 5.75 Å². The first-order valence-electron chi connectivity index (χ1n) is 11.6. The van der Waals surface area contributed by atoms with E-state index in [-0.39, 0.29) is 30.2 Å². The molecule has 0 bridgehead atoms. The van der Waals surface area contributed by atoms with Crippen molar-refractivity contribution in [1.29, 1.82) is 0 Å². The number of amides is 2. The molecule has 1 aliphatic carbocycles. The number of halogens is 1. The van der Waals surface area contributed by atoms with Crippen molar-refractivity contribution < 1.29 is 18.7 Å². The fourth-order valence-electron chi connectivity index (χ4n) is 4.39. The van der Waals surface area contributed by atoms with Crippen LogP contribution in [0.1, 0.15) is 58.9 Å². The molecule has 5 nitrogen and oxygen atoms in total. The maximum absolute atomic E-state index is 13.7. The van der Waals surface area contributed by atoms with Gasteiger partial charge in [-0.1, -0.05) is 49.6 Å². The molecule has 1 atom stereocenters. The lowest BCUT2D eigenvalue weighted by molar-refractivity contribution is -0.127. The average Bonchev–Trinajstić information content (AvgIpc) is 3.41. The van der Waals surface area contributed by atoms with Crippen molar-refractivity contribution in [3.63, 3.8) is 0 Å². The molecule has 1 saturated carbocycles. The first kappa shape index (κ1) is 24.0. The maximum Gasteiger partial charge on any atom is 0.265 e. The highest BCUT2D eigenvalue weighted by Crippen LogP contribution is 2.29. The van der Waals surface area contributed by atoms with Gasteiger partial charge >= 0.3 is 0 Å². The van der Waals surface area contributed by atoms with Gasteiger partial charge in [0, 0.05) is 12.6 Å². The van der Waals surface area contributed by atoms with Crippen molar-refractivity contribution in [2.45, 2.75) is 50.7 Å². The van der Waals surface area contributed by atoms with Crippen LogP contribution in [0.4, 0.5) is 4.39 Å². The van der Waals surface area contributed by atoms with Gasteiger partial charge in [-0.25, -0.2) is 4.39 Å². The van der Waals surface area contributed by atoms with E-state index >= 15 is 0 Å². The summed E-state index contributed by atoms with van der Waals surface area (Å²) in [7, 11) is 1.59. The first-order valence-corrected chi connectivity index (χ1v) is 12.5. The molecule has 0 aliphatic heterocycles. The number of thiophene rings is 1. The lowest BCUT2D eigenvalue weighted by Gasteiger charge is -2.33. The number of benzene rings is 2. The minimum Gasteiger partial charge on any atom is -0.497 e. The van der Waals surface area contributed by atoms with Crippen molar-refractivity contribution in [2.24, 2.45) is 0 Å². The van der Waals surface area contributed by atoms with E-state index in [1.165, 1.54) is 29.9 Å². The summed E-state index contributed by atoms with van der Waals surface area (Å²) < 4.78 is 18.8. The Balaban J connectivity index is 1.72. The smallest absolute Gasteiger partial charge is 0.265 e. The lowest BCUT2D eigenvalue weighted by atomic mass is 9.94. The van der Waals surface area contributed by atoms with Gasteiger partial charge in [0.05, 0.1) is 12.0 Å². The van der Waals surface area contributed by atoms with Crippen LogP contribution < -0.4 is 10.1 Å². The standard InChI is InChI=1S/C27H29FN2O3S/c1-33-23-15-11-20(12-16-23)25(26(31)29-22-6-3-2-4-7-22)30(27(32)24-8-5-17-34-24)18-19-9-13-21(28)14-10-19/h5,8-17,22,25H,2-4,6-7,18H2,1H3,(H,29,31)/t25-/m0/s1. The zero-order valence-electron chi connectivity index (χ0n) is 19.2. The van der Waals surface area contributed by atoms with Crippen molar-refractivity contribution in [3.05, 3.63) is 87.9 Å². The molecule has 34 heavy (non-hydrogen) atoms. The minimum absolute atomic E-state index is 0.103. The number of hydrogen-bond donors (Lipinski definition) is 1. The lowest BCUT2D eigenvalue weighted by Crippen LogP contribution is -2.46. The molecule has 1 N–H and O–H groups in total. The van der Waals surface area contributed by atoms with Crippen LogP contribution in [-0.4, -0.2) is 29.9 Å². The van der Waals surface area contributed by atoms with Gasteiger partial charge in [-0.2, -0.15) is 0 Å². The number of rotatable bonds is 8. The molecule has 2 amide bonds. The van der Waals surface area contributed by atoms with Crippen LogP contribution in [0.3, 0.4) is 0 Å². The summed E-state index contributed by atoms with van der Waals surface area (Å²) in [4.78, 5) is 29.5. The molecule has 0 spiro atoms. The fourth-order valence-corrected chi connectivity index (χ4v) is 5.07. The van der Waals surface area contributed by atoms with Crippen molar-refractivity contribution >= 4 is 23.2 Å². The Bertz CT molecular complexity index is 1080. The van der Waals surface area contributed by atoms with Crippen LogP contribution in [0.5, 0.6) is 5.75 Å². The normalized spacial score (nSPS) is 14.9. The zero-order chi connectivity index (χ0) is 23.9. The van der Waals surface area contributed by atoms with E-state index in [2.05, 4.69) is 5.32 Å². The molecule has 4 rings (SSSR count). The second kappa shape index (κ2) is 11.3. The predicted octanol–water partition coefficient (Wildman–Crippen LogP) is 5.73. The number of carbonyl (C=O) groups excluding carboxylic acids is 2. The molecule has 0 unspecified atom stereocenters. The van der Waals surface area contributed by atoms with Crippen LogP contribution in [0.25, 0.3) is 0 Å². The number of ether oxygens (including phenoxy) is 1. The molecule has 0 saturated heterocycles. The van der Waals surface area contributed by atoms with E-state index in [1.54, 1.807) is 42.3 Å². The van der Waals surface area contributed by atoms with E-state index in [1.807, 2.05) is 23.6 Å². The quantitative estimate of drug-likeness (QED) is 0.448. The summed E-state index contributed by atoms with van der Waals surface area (Å²) in [5, 5.41) is 5.04. The van der Waals surface area contributed by atoms with Gasteiger partial charge in [0.25, 0.3) is 5.91 Å². The van der Waals surface area contributed by atoms with Crippen LogP contribution in [-0.2, 0) is 11.3 Å². The van der Waals surface area contributed by atoms with E-state index in [4.69, 9.17) is 4.74 Å². The number of nitrogens with zero attached hydrogens (tertiary/aromatic N) is 1. The Morgan fingerprint density at radius 3 is 2.38 bits per heavy atom. The Morgan fingerprint density at radius 1 is 1.06 bits per heavy atom. The summed E-state index contributed by atoms with van der Waals surface area (Å²) >= 11 is 1.34. The van der Waals surface area contributed by atoms with Gasteiger partial charge in [-0.3, -0.25) is 9.59 Å². The first-order chi connectivity index (χ1) is 16.5. The van der Waals surface area contributed by atoms with Crippen LogP contribution in [0.15, 0.2) is 66.0 Å².